The first kappa shape index (κ1) is 14.1. The molecule has 4 nitrogen and oxygen atoms in total. The van der Waals surface area contributed by atoms with E-state index in [0.29, 0.717) is 5.56 Å². The fraction of sp³-hybridized carbons (Fsp3) is 0.231. The van der Waals surface area contributed by atoms with E-state index < -0.39 is 17.7 Å². The maximum Gasteiger partial charge on any atom is 0.416 e. The Kier molecular flexibility index (Phi) is 3.78. The summed E-state index contributed by atoms with van der Waals surface area (Å²) in [4.78, 5) is 15.3. The van der Waals surface area contributed by atoms with E-state index >= 15 is 0 Å². The van der Waals surface area contributed by atoms with E-state index in [0.717, 1.165) is 12.1 Å². The first-order chi connectivity index (χ1) is 9.41. The predicted octanol–water partition coefficient (Wildman–Crippen LogP) is 2.74. The van der Waals surface area contributed by atoms with Gasteiger partial charge in [0, 0.05) is 6.54 Å². The topological polar surface area (TPSA) is 44.1 Å². The van der Waals surface area contributed by atoms with Crippen LogP contribution in [0.3, 0.4) is 0 Å². The number of imidazole rings is 1. The number of esters is 1. The molecule has 0 saturated carbocycles. The fourth-order valence-corrected chi connectivity index (χ4v) is 1.72. The molecular weight excluding hydrogens is 273 g/mol. The molecule has 0 spiro atoms. The van der Waals surface area contributed by atoms with Crippen LogP contribution >= 0.6 is 0 Å². The SMILES string of the molecule is COC(=O)c1cncn1Cc1ccc(C(F)(F)F)cc1. The molecule has 1 aromatic carbocycles. The Bertz CT molecular complexity index is 603. The van der Waals surface area contributed by atoms with E-state index in [1.165, 1.54) is 36.3 Å². The summed E-state index contributed by atoms with van der Waals surface area (Å²) in [5.41, 5.74) is 0.161. The van der Waals surface area contributed by atoms with Gasteiger partial charge in [-0.15, -0.1) is 0 Å². The highest BCUT2D eigenvalue weighted by atomic mass is 19.4. The largest absolute Gasteiger partial charge is 0.464 e. The monoisotopic (exact) mass is 284 g/mol. The molecule has 106 valence electrons. The second-order valence-electron chi connectivity index (χ2n) is 4.09. The summed E-state index contributed by atoms with van der Waals surface area (Å²) >= 11 is 0. The van der Waals surface area contributed by atoms with Crippen LogP contribution in [0.4, 0.5) is 13.2 Å². The third kappa shape index (κ3) is 2.98. The quantitative estimate of drug-likeness (QED) is 0.814. The van der Waals surface area contributed by atoms with Gasteiger partial charge in [0.2, 0.25) is 0 Å². The minimum Gasteiger partial charge on any atom is -0.464 e. The van der Waals surface area contributed by atoms with Crippen molar-refractivity contribution in [3.63, 3.8) is 0 Å². The van der Waals surface area contributed by atoms with Crippen LogP contribution in [-0.2, 0) is 17.5 Å². The standard InChI is InChI=1S/C13H11F3N2O2/c1-20-12(19)11-6-17-8-18(11)7-9-2-4-10(5-3-9)13(14,15)16/h2-6,8H,7H2,1H3. The molecule has 1 aromatic heterocycles. The predicted molar refractivity (Wildman–Crippen MR) is 64.1 cm³/mol. The van der Waals surface area contributed by atoms with Crippen molar-refractivity contribution in [1.82, 2.24) is 9.55 Å². The Morgan fingerprint density at radius 1 is 1.30 bits per heavy atom. The number of nitrogens with zero attached hydrogens (tertiary/aromatic N) is 2. The van der Waals surface area contributed by atoms with Gasteiger partial charge in [-0.05, 0) is 17.7 Å². The van der Waals surface area contributed by atoms with Crippen molar-refractivity contribution < 1.29 is 22.7 Å². The van der Waals surface area contributed by atoms with Crippen LogP contribution in [0.5, 0.6) is 0 Å². The molecule has 2 aromatic rings. The summed E-state index contributed by atoms with van der Waals surface area (Å²) in [5.74, 6) is -0.547. The van der Waals surface area contributed by atoms with Crippen LogP contribution in [0.1, 0.15) is 21.6 Å². The smallest absolute Gasteiger partial charge is 0.416 e. The Balaban J connectivity index is 2.19. The molecule has 0 atom stereocenters. The molecule has 0 aliphatic carbocycles. The minimum absolute atomic E-state index is 0.239. The van der Waals surface area contributed by atoms with Crippen molar-refractivity contribution in [3.8, 4) is 0 Å². The number of ether oxygens (including phenoxy) is 1. The highest BCUT2D eigenvalue weighted by Crippen LogP contribution is 2.29. The zero-order valence-corrected chi connectivity index (χ0v) is 10.5. The first-order valence-corrected chi connectivity index (χ1v) is 5.66. The number of alkyl halides is 3. The molecule has 2 rings (SSSR count). The molecule has 0 aliphatic heterocycles. The number of halogens is 3. The van der Waals surface area contributed by atoms with Crippen molar-refractivity contribution in [2.24, 2.45) is 0 Å². The van der Waals surface area contributed by atoms with Gasteiger partial charge < -0.3 is 9.30 Å². The van der Waals surface area contributed by atoms with Gasteiger partial charge in [-0.1, -0.05) is 12.1 Å². The number of hydrogen-bond acceptors (Lipinski definition) is 3. The molecule has 20 heavy (non-hydrogen) atoms. The first-order valence-electron chi connectivity index (χ1n) is 5.66. The zero-order valence-electron chi connectivity index (χ0n) is 10.5. The lowest BCUT2D eigenvalue weighted by molar-refractivity contribution is -0.137. The van der Waals surface area contributed by atoms with Gasteiger partial charge in [0.1, 0.15) is 5.69 Å². The lowest BCUT2D eigenvalue weighted by Gasteiger charge is -2.09. The van der Waals surface area contributed by atoms with E-state index in [4.69, 9.17) is 0 Å². The molecule has 0 radical (unpaired) electrons. The molecular formula is C13H11F3N2O2. The van der Waals surface area contributed by atoms with Crippen molar-refractivity contribution in [2.75, 3.05) is 7.11 Å². The van der Waals surface area contributed by atoms with Gasteiger partial charge in [0.15, 0.2) is 0 Å². The van der Waals surface area contributed by atoms with Crippen LogP contribution in [0.15, 0.2) is 36.8 Å². The van der Waals surface area contributed by atoms with Gasteiger partial charge in [0.05, 0.1) is 25.2 Å². The molecule has 0 amide bonds. The number of carbonyl (C=O) groups excluding carboxylic acids is 1. The molecule has 0 unspecified atom stereocenters. The molecule has 0 aliphatic rings. The van der Waals surface area contributed by atoms with Crippen LogP contribution in [0.25, 0.3) is 0 Å². The fourth-order valence-electron chi connectivity index (χ4n) is 1.72. The third-order valence-corrected chi connectivity index (χ3v) is 2.74. The van der Waals surface area contributed by atoms with Gasteiger partial charge in [-0.25, -0.2) is 9.78 Å². The lowest BCUT2D eigenvalue weighted by atomic mass is 10.1. The third-order valence-electron chi connectivity index (χ3n) is 2.74. The second-order valence-corrected chi connectivity index (χ2v) is 4.09. The molecule has 7 heteroatoms. The van der Waals surface area contributed by atoms with Crippen LogP contribution < -0.4 is 0 Å². The van der Waals surface area contributed by atoms with Crippen LogP contribution in [0, 0.1) is 0 Å². The second kappa shape index (κ2) is 5.36. The number of benzene rings is 1. The highest BCUT2D eigenvalue weighted by Gasteiger charge is 2.29. The summed E-state index contributed by atoms with van der Waals surface area (Å²) in [7, 11) is 1.25. The summed E-state index contributed by atoms with van der Waals surface area (Å²) in [6, 6.07) is 4.74. The summed E-state index contributed by atoms with van der Waals surface area (Å²) in [6.45, 7) is 0.239. The number of methoxy groups -OCH3 is 1. The molecule has 0 bridgehead atoms. The van der Waals surface area contributed by atoms with Crippen molar-refractivity contribution in [3.05, 3.63) is 53.6 Å². The molecule has 0 saturated heterocycles. The number of hydrogen-bond donors (Lipinski definition) is 0. The highest BCUT2D eigenvalue weighted by molar-refractivity contribution is 5.87. The van der Waals surface area contributed by atoms with Crippen LogP contribution in [0.2, 0.25) is 0 Å². The van der Waals surface area contributed by atoms with E-state index in [9.17, 15) is 18.0 Å². The molecule has 0 N–H and O–H groups in total. The maximum absolute atomic E-state index is 12.4. The van der Waals surface area contributed by atoms with Gasteiger partial charge in [0.25, 0.3) is 0 Å². The van der Waals surface area contributed by atoms with E-state index in [1.807, 2.05) is 0 Å². The minimum atomic E-state index is -4.36. The van der Waals surface area contributed by atoms with Gasteiger partial charge >= 0.3 is 12.1 Å². The zero-order chi connectivity index (χ0) is 14.8. The van der Waals surface area contributed by atoms with E-state index in [-0.39, 0.29) is 12.2 Å². The van der Waals surface area contributed by atoms with Crippen molar-refractivity contribution >= 4 is 5.97 Å². The van der Waals surface area contributed by atoms with Crippen molar-refractivity contribution in [2.45, 2.75) is 12.7 Å². The molecule has 1 heterocycles. The average Bonchev–Trinajstić information content (AvgIpc) is 2.85. The molecule has 0 fully saturated rings. The maximum atomic E-state index is 12.4. The van der Waals surface area contributed by atoms with E-state index in [1.54, 1.807) is 0 Å². The van der Waals surface area contributed by atoms with Crippen molar-refractivity contribution in [1.29, 1.82) is 0 Å². The lowest BCUT2D eigenvalue weighted by Crippen LogP contribution is -2.11. The number of rotatable bonds is 3. The summed E-state index contributed by atoms with van der Waals surface area (Å²) < 4.78 is 43.4. The normalized spacial score (nSPS) is 11.4. The number of aromatic nitrogens is 2. The van der Waals surface area contributed by atoms with E-state index in [2.05, 4.69) is 9.72 Å². The Morgan fingerprint density at radius 3 is 2.50 bits per heavy atom. The summed E-state index contributed by atoms with van der Waals surface area (Å²) in [6.07, 6.45) is -1.59. The van der Waals surface area contributed by atoms with Gasteiger partial charge in [-0.2, -0.15) is 13.2 Å². The number of carbonyl (C=O) groups is 1. The Morgan fingerprint density at radius 2 is 1.95 bits per heavy atom. The summed E-state index contributed by atoms with van der Waals surface area (Å²) in [5, 5.41) is 0. The Labute approximate surface area is 112 Å². The van der Waals surface area contributed by atoms with Crippen LogP contribution in [-0.4, -0.2) is 22.6 Å². The average molecular weight is 284 g/mol. The van der Waals surface area contributed by atoms with Gasteiger partial charge in [-0.3, -0.25) is 0 Å². The Hall–Kier alpha value is -2.31.